The van der Waals surface area contributed by atoms with Crippen LogP contribution in [0.15, 0.2) is 23.1 Å². The molecule has 1 saturated heterocycles. The number of sulfonamides is 1. The van der Waals surface area contributed by atoms with E-state index >= 15 is 0 Å². The SMILES string of the molecule is Cc1nn(CC(=O)Nc2c(C(C)C)cccc2C(C)C)c(C)c1S(=O)(=O)N1CCOCC1. The van der Waals surface area contributed by atoms with Crippen LogP contribution >= 0.6 is 0 Å². The van der Waals surface area contributed by atoms with E-state index in [0.717, 1.165) is 16.8 Å². The van der Waals surface area contributed by atoms with Gasteiger partial charge < -0.3 is 10.1 Å². The maximum atomic E-state index is 13.2. The molecule has 2 aromatic rings. The molecule has 0 aliphatic carbocycles. The van der Waals surface area contributed by atoms with Gasteiger partial charge in [0.25, 0.3) is 0 Å². The largest absolute Gasteiger partial charge is 0.379 e. The molecule has 1 aliphatic rings. The number of para-hydroxylation sites is 1. The van der Waals surface area contributed by atoms with Crippen LogP contribution < -0.4 is 5.32 Å². The van der Waals surface area contributed by atoms with E-state index in [9.17, 15) is 13.2 Å². The third-order valence-corrected chi connectivity index (χ3v) is 7.97. The van der Waals surface area contributed by atoms with Crippen molar-refractivity contribution in [1.29, 1.82) is 0 Å². The van der Waals surface area contributed by atoms with Crippen molar-refractivity contribution in [2.24, 2.45) is 0 Å². The smallest absolute Gasteiger partial charge is 0.246 e. The number of anilines is 1. The first-order chi connectivity index (χ1) is 15.0. The predicted octanol–water partition coefficient (Wildman–Crippen LogP) is 3.41. The van der Waals surface area contributed by atoms with Gasteiger partial charge in [-0.2, -0.15) is 9.40 Å². The molecule has 0 atom stereocenters. The van der Waals surface area contributed by atoms with Crippen molar-refractivity contribution < 1.29 is 17.9 Å². The summed E-state index contributed by atoms with van der Waals surface area (Å²) < 4.78 is 34.5. The number of nitrogens with zero attached hydrogens (tertiary/aromatic N) is 3. The Morgan fingerprint density at radius 2 is 1.66 bits per heavy atom. The van der Waals surface area contributed by atoms with Crippen molar-refractivity contribution in [3.8, 4) is 0 Å². The van der Waals surface area contributed by atoms with Crippen molar-refractivity contribution in [2.45, 2.75) is 64.8 Å². The summed E-state index contributed by atoms with van der Waals surface area (Å²) in [5, 5.41) is 7.46. The molecule has 0 bridgehead atoms. The van der Waals surface area contributed by atoms with E-state index in [1.165, 1.54) is 8.99 Å². The van der Waals surface area contributed by atoms with Gasteiger partial charge in [-0.1, -0.05) is 45.9 Å². The van der Waals surface area contributed by atoms with Crippen LogP contribution in [0.4, 0.5) is 5.69 Å². The van der Waals surface area contributed by atoms with E-state index in [2.05, 4.69) is 38.1 Å². The van der Waals surface area contributed by atoms with Crippen LogP contribution in [-0.2, 0) is 26.1 Å². The number of amides is 1. The summed E-state index contributed by atoms with van der Waals surface area (Å²) in [6, 6.07) is 6.08. The third kappa shape index (κ3) is 4.89. The van der Waals surface area contributed by atoms with Gasteiger partial charge in [0.1, 0.15) is 11.4 Å². The molecule has 1 aromatic carbocycles. The van der Waals surface area contributed by atoms with Crippen LogP contribution in [0.25, 0.3) is 0 Å². The van der Waals surface area contributed by atoms with Crippen LogP contribution in [-0.4, -0.2) is 54.7 Å². The van der Waals surface area contributed by atoms with Gasteiger partial charge in [0.05, 0.1) is 24.6 Å². The highest BCUT2D eigenvalue weighted by molar-refractivity contribution is 7.89. The Labute approximate surface area is 191 Å². The first kappa shape index (κ1) is 24.4. The number of hydrogen-bond donors (Lipinski definition) is 1. The van der Waals surface area contributed by atoms with Gasteiger partial charge in [-0.15, -0.1) is 0 Å². The molecule has 9 heteroatoms. The Morgan fingerprint density at radius 1 is 1.09 bits per heavy atom. The minimum Gasteiger partial charge on any atom is -0.379 e. The van der Waals surface area contributed by atoms with E-state index < -0.39 is 10.0 Å². The van der Waals surface area contributed by atoms with E-state index in [4.69, 9.17) is 4.74 Å². The zero-order valence-corrected chi connectivity index (χ0v) is 20.6. The molecular formula is C23H34N4O4S. The topological polar surface area (TPSA) is 93.5 Å². The highest BCUT2D eigenvalue weighted by Crippen LogP contribution is 2.32. The lowest BCUT2D eigenvalue weighted by molar-refractivity contribution is -0.117. The number of morpholine rings is 1. The number of aromatic nitrogens is 2. The second-order valence-electron chi connectivity index (χ2n) is 8.84. The van der Waals surface area contributed by atoms with E-state index in [-0.39, 0.29) is 29.2 Å². The predicted molar refractivity (Wildman–Crippen MR) is 125 cm³/mol. The molecule has 3 rings (SSSR count). The molecule has 32 heavy (non-hydrogen) atoms. The summed E-state index contributed by atoms with van der Waals surface area (Å²) >= 11 is 0. The molecule has 1 N–H and O–H groups in total. The molecule has 8 nitrogen and oxygen atoms in total. The summed E-state index contributed by atoms with van der Waals surface area (Å²) in [4.78, 5) is 13.2. The second-order valence-corrected chi connectivity index (χ2v) is 10.7. The van der Waals surface area contributed by atoms with Crippen molar-refractivity contribution in [2.75, 3.05) is 31.6 Å². The minimum atomic E-state index is -3.69. The van der Waals surface area contributed by atoms with E-state index in [1.807, 2.05) is 18.2 Å². The number of benzene rings is 1. The van der Waals surface area contributed by atoms with Gasteiger partial charge in [0.15, 0.2) is 0 Å². The van der Waals surface area contributed by atoms with E-state index in [1.54, 1.807) is 13.8 Å². The summed E-state index contributed by atoms with van der Waals surface area (Å²) in [5.41, 5.74) is 3.85. The highest BCUT2D eigenvalue weighted by Gasteiger charge is 2.32. The Morgan fingerprint density at radius 3 is 2.19 bits per heavy atom. The zero-order chi connectivity index (χ0) is 23.6. The molecule has 0 radical (unpaired) electrons. The number of aryl methyl sites for hydroxylation is 1. The average Bonchev–Trinajstić information content (AvgIpc) is 3.01. The van der Waals surface area contributed by atoms with Crippen LogP contribution in [0.1, 0.15) is 62.0 Å². The monoisotopic (exact) mass is 462 g/mol. The van der Waals surface area contributed by atoms with Gasteiger partial charge in [0, 0.05) is 18.8 Å². The van der Waals surface area contributed by atoms with E-state index in [0.29, 0.717) is 37.7 Å². The molecular weight excluding hydrogens is 428 g/mol. The van der Waals surface area contributed by atoms with Crippen LogP contribution in [0, 0.1) is 13.8 Å². The quantitative estimate of drug-likeness (QED) is 0.681. The highest BCUT2D eigenvalue weighted by atomic mass is 32.2. The minimum absolute atomic E-state index is 0.0602. The second kappa shape index (κ2) is 9.72. The van der Waals surface area contributed by atoms with Crippen LogP contribution in [0.2, 0.25) is 0 Å². The Kier molecular flexibility index (Phi) is 7.42. The standard InChI is InChI=1S/C23H34N4O4S/c1-15(2)19-8-7-9-20(16(3)4)22(19)24-21(28)14-27-18(6)23(17(5)25-27)32(29,30)26-10-12-31-13-11-26/h7-9,15-16H,10-14H2,1-6H3,(H,24,28). The molecule has 1 fully saturated rings. The molecule has 1 amide bonds. The third-order valence-electron chi connectivity index (χ3n) is 5.81. The van der Waals surface area contributed by atoms with Crippen molar-refractivity contribution in [3.63, 3.8) is 0 Å². The Hall–Kier alpha value is -2.23. The van der Waals surface area contributed by atoms with Crippen LogP contribution in [0.5, 0.6) is 0 Å². The molecule has 0 saturated carbocycles. The van der Waals surface area contributed by atoms with Gasteiger partial charge in [-0.3, -0.25) is 9.48 Å². The summed E-state index contributed by atoms with van der Waals surface area (Å²) in [5.74, 6) is 0.270. The van der Waals surface area contributed by atoms with Crippen molar-refractivity contribution in [3.05, 3.63) is 40.7 Å². The lowest BCUT2D eigenvalue weighted by atomic mass is 9.92. The zero-order valence-electron chi connectivity index (χ0n) is 19.8. The number of carbonyl (C=O) groups is 1. The van der Waals surface area contributed by atoms with Crippen LogP contribution in [0.3, 0.4) is 0 Å². The molecule has 1 aliphatic heterocycles. The molecule has 0 spiro atoms. The van der Waals surface area contributed by atoms with Gasteiger partial charge in [-0.05, 0) is 36.8 Å². The Balaban J connectivity index is 1.87. The first-order valence-corrected chi connectivity index (χ1v) is 12.5. The molecule has 1 aromatic heterocycles. The maximum absolute atomic E-state index is 13.2. The fraction of sp³-hybridized carbons (Fsp3) is 0.565. The number of rotatable bonds is 7. The van der Waals surface area contributed by atoms with Gasteiger partial charge in [0.2, 0.25) is 15.9 Å². The maximum Gasteiger partial charge on any atom is 0.246 e. The number of nitrogens with one attached hydrogen (secondary N) is 1. The number of ether oxygens (including phenoxy) is 1. The molecule has 2 heterocycles. The number of carbonyl (C=O) groups excluding carboxylic acids is 1. The van der Waals surface area contributed by atoms with Gasteiger partial charge >= 0.3 is 0 Å². The fourth-order valence-corrected chi connectivity index (χ4v) is 5.91. The van der Waals surface area contributed by atoms with Crippen molar-refractivity contribution in [1.82, 2.24) is 14.1 Å². The fourth-order valence-electron chi connectivity index (χ4n) is 4.13. The normalized spacial score (nSPS) is 15.5. The first-order valence-electron chi connectivity index (χ1n) is 11.1. The lowest BCUT2D eigenvalue weighted by Gasteiger charge is -2.26. The van der Waals surface area contributed by atoms with Gasteiger partial charge in [-0.25, -0.2) is 8.42 Å². The average molecular weight is 463 g/mol. The lowest BCUT2D eigenvalue weighted by Crippen LogP contribution is -2.41. The summed E-state index contributed by atoms with van der Waals surface area (Å²) in [7, 11) is -3.69. The van der Waals surface area contributed by atoms with Crippen molar-refractivity contribution >= 4 is 21.6 Å². The molecule has 0 unspecified atom stereocenters. The summed E-state index contributed by atoms with van der Waals surface area (Å²) in [6.45, 7) is 13.1. The Bertz CT molecular complexity index is 1060. The summed E-state index contributed by atoms with van der Waals surface area (Å²) in [6.07, 6.45) is 0. The molecule has 176 valence electrons. The number of hydrogen-bond acceptors (Lipinski definition) is 5.